The fourth-order valence-electron chi connectivity index (χ4n) is 4.01. The van der Waals surface area contributed by atoms with E-state index < -0.39 is 0 Å². The molecule has 3 amide bonds. The Morgan fingerprint density at radius 2 is 1.76 bits per heavy atom. The Morgan fingerprint density at radius 1 is 1.00 bits per heavy atom. The van der Waals surface area contributed by atoms with Gasteiger partial charge in [-0.3, -0.25) is 19.5 Å². The number of aromatic amines is 1. The lowest BCUT2D eigenvalue weighted by Crippen LogP contribution is -2.40. The second-order valence-corrected chi connectivity index (χ2v) is 8.17. The summed E-state index contributed by atoms with van der Waals surface area (Å²) in [6.45, 7) is 3.47. The van der Waals surface area contributed by atoms with Gasteiger partial charge in [0.05, 0.1) is 11.4 Å². The summed E-state index contributed by atoms with van der Waals surface area (Å²) < 4.78 is 0. The van der Waals surface area contributed by atoms with E-state index in [1.54, 1.807) is 54.7 Å². The molecular formula is C25H26N6O3. The van der Waals surface area contributed by atoms with Gasteiger partial charge in [0.2, 0.25) is 11.8 Å². The van der Waals surface area contributed by atoms with Gasteiger partial charge in [-0.25, -0.2) is 4.98 Å². The molecule has 3 aromatic rings. The smallest absolute Gasteiger partial charge is 0.274 e. The Bertz CT molecular complexity index is 1170. The highest BCUT2D eigenvalue weighted by Crippen LogP contribution is 2.26. The van der Waals surface area contributed by atoms with Gasteiger partial charge >= 0.3 is 0 Å². The molecule has 1 aliphatic rings. The number of amides is 3. The van der Waals surface area contributed by atoms with Gasteiger partial charge in [-0.05, 0) is 67.8 Å². The molecule has 9 nitrogen and oxygen atoms in total. The standard InChI is InChI=1S/C25H26N6O3/c1-2-23(32)27-19-6-3-5-16(15-19)24(33)28-17-9-11-18(12-10-17)29-25(34)22-8-4-7-20(30-22)21-13-14-26-31-21/h2,4,7-14,16,19H,1,3,5-6,15H2,(H,26,31)(H,27,32)(H,28,33)(H,29,34)/t16-,19+/m1/s1. The van der Waals surface area contributed by atoms with Crippen molar-refractivity contribution in [3.8, 4) is 11.4 Å². The summed E-state index contributed by atoms with van der Waals surface area (Å²) >= 11 is 0. The summed E-state index contributed by atoms with van der Waals surface area (Å²) in [4.78, 5) is 41.3. The van der Waals surface area contributed by atoms with Crippen molar-refractivity contribution in [1.29, 1.82) is 0 Å². The SMILES string of the molecule is C=CC(=O)N[C@H]1CCC[C@@H](C(=O)Nc2ccc(NC(=O)c3cccc(-c4ccn[nH]4)n3)cc2)C1. The molecule has 2 aromatic heterocycles. The lowest BCUT2D eigenvalue weighted by atomic mass is 9.85. The third-order valence-electron chi connectivity index (χ3n) is 5.75. The maximum absolute atomic E-state index is 12.7. The van der Waals surface area contributed by atoms with E-state index in [4.69, 9.17) is 0 Å². The maximum atomic E-state index is 12.7. The average Bonchev–Trinajstić information content (AvgIpc) is 3.40. The minimum atomic E-state index is -0.340. The van der Waals surface area contributed by atoms with Crippen molar-refractivity contribution in [2.24, 2.45) is 5.92 Å². The molecule has 174 valence electrons. The van der Waals surface area contributed by atoms with E-state index in [-0.39, 0.29) is 35.4 Å². The zero-order valence-corrected chi connectivity index (χ0v) is 18.6. The van der Waals surface area contributed by atoms with Crippen molar-refractivity contribution in [3.63, 3.8) is 0 Å². The van der Waals surface area contributed by atoms with Crippen LogP contribution in [0.3, 0.4) is 0 Å². The molecule has 1 aromatic carbocycles. The van der Waals surface area contributed by atoms with Crippen molar-refractivity contribution in [3.05, 3.63) is 73.1 Å². The first-order chi connectivity index (χ1) is 16.5. The van der Waals surface area contributed by atoms with E-state index in [1.807, 2.05) is 0 Å². The molecule has 4 N–H and O–H groups in total. The molecule has 0 spiro atoms. The number of benzene rings is 1. The molecule has 0 saturated heterocycles. The van der Waals surface area contributed by atoms with Crippen LogP contribution in [0.15, 0.2) is 67.4 Å². The average molecular weight is 459 g/mol. The third kappa shape index (κ3) is 5.74. The van der Waals surface area contributed by atoms with Crippen LogP contribution in [-0.4, -0.2) is 38.9 Å². The number of rotatable bonds is 7. The summed E-state index contributed by atoms with van der Waals surface area (Å²) in [6, 6.07) is 13.9. The van der Waals surface area contributed by atoms with Crippen LogP contribution in [0.5, 0.6) is 0 Å². The van der Waals surface area contributed by atoms with Gasteiger partial charge in [0.1, 0.15) is 5.69 Å². The van der Waals surface area contributed by atoms with E-state index in [2.05, 4.69) is 37.7 Å². The number of aromatic nitrogens is 3. The number of carbonyl (C=O) groups is 3. The van der Waals surface area contributed by atoms with Crippen LogP contribution in [0.1, 0.15) is 36.2 Å². The Balaban J connectivity index is 1.33. The highest BCUT2D eigenvalue weighted by atomic mass is 16.2. The first-order valence-corrected chi connectivity index (χ1v) is 11.1. The van der Waals surface area contributed by atoms with E-state index >= 15 is 0 Å². The Hall–Kier alpha value is -4.27. The number of pyridine rings is 1. The van der Waals surface area contributed by atoms with Crippen molar-refractivity contribution in [1.82, 2.24) is 20.5 Å². The summed E-state index contributed by atoms with van der Waals surface area (Å²) in [7, 11) is 0. The Labute approximate surface area is 197 Å². The number of anilines is 2. The molecule has 0 radical (unpaired) electrons. The maximum Gasteiger partial charge on any atom is 0.274 e. The summed E-state index contributed by atoms with van der Waals surface area (Å²) in [5, 5.41) is 15.4. The van der Waals surface area contributed by atoms with Gasteiger partial charge in [0.15, 0.2) is 0 Å². The molecule has 2 heterocycles. The predicted octanol–water partition coefficient (Wildman–Crippen LogP) is 3.52. The van der Waals surface area contributed by atoms with Crippen LogP contribution >= 0.6 is 0 Å². The number of H-pyrrole nitrogens is 1. The van der Waals surface area contributed by atoms with E-state index in [9.17, 15) is 14.4 Å². The van der Waals surface area contributed by atoms with Crippen LogP contribution in [0.4, 0.5) is 11.4 Å². The number of nitrogens with one attached hydrogen (secondary N) is 4. The van der Waals surface area contributed by atoms with Crippen molar-refractivity contribution in [2.45, 2.75) is 31.7 Å². The first-order valence-electron chi connectivity index (χ1n) is 11.1. The molecule has 2 atom stereocenters. The van der Waals surface area contributed by atoms with Gasteiger partial charge in [-0.2, -0.15) is 5.10 Å². The number of carbonyl (C=O) groups excluding carboxylic acids is 3. The fourth-order valence-corrected chi connectivity index (χ4v) is 4.01. The van der Waals surface area contributed by atoms with Crippen molar-refractivity contribution < 1.29 is 14.4 Å². The molecule has 34 heavy (non-hydrogen) atoms. The number of hydrogen-bond acceptors (Lipinski definition) is 5. The van der Waals surface area contributed by atoms with Crippen LogP contribution < -0.4 is 16.0 Å². The third-order valence-corrected chi connectivity index (χ3v) is 5.75. The minimum Gasteiger partial charge on any atom is -0.350 e. The molecule has 4 rings (SSSR count). The van der Waals surface area contributed by atoms with Crippen LogP contribution in [-0.2, 0) is 9.59 Å². The number of nitrogens with zero attached hydrogens (tertiary/aromatic N) is 2. The van der Waals surface area contributed by atoms with Gasteiger partial charge in [-0.1, -0.05) is 19.1 Å². The lowest BCUT2D eigenvalue weighted by Gasteiger charge is -2.28. The topological polar surface area (TPSA) is 129 Å². The molecule has 1 saturated carbocycles. The van der Waals surface area contributed by atoms with Gasteiger partial charge < -0.3 is 16.0 Å². The monoisotopic (exact) mass is 458 g/mol. The zero-order chi connectivity index (χ0) is 23.9. The highest BCUT2D eigenvalue weighted by Gasteiger charge is 2.27. The van der Waals surface area contributed by atoms with Gasteiger partial charge in [-0.15, -0.1) is 0 Å². The minimum absolute atomic E-state index is 0.0204. The summed E-state index contributed by atoms with van der Waals surface area (Å²) in [6.07, 6.45) is 5.99. The predicted molar refractivity (Wildman–Crippen MR) is 129 cm³/mol. The first kappa shape index (κ1) is 22.9. The van der Waals surface area contributed by atoms with E-state index in [0.29, 0.717) is 23.5 Å². The molecule has 1 aliphatic carbocycles. The second kappa shape index (κ2) is 10.6. The number of hydrogen-bond donors (Lipinski definition) is 4. The Kier molecular flexibility index (Phi) is 7.12. The summed E-state index contributed by atoms with van der Waals surface area (Å²) in [5.74, 6) is -0.800. The zero-order valence-electron chi connectivity index (χ0n) is 18.6. The molecule has 0 aliphatic heterocycles. The van der Waals surface area contributed by atoms with Crippen molar-refractivity contribution in [2.75, 3.05) is 10.6 Å². The lowest BCUT2D eigenvalue weighted by molar-refractivity contribution is -0.122. The van der Waals surface area contributed by atoms with Crippen LogP contribution in [0.25, 0.3) is 11.4 Å². The largest absolute Gasteiger partial charge is 0.350 e. The highest BCUT2D eigenvalue weighted by molar-refractivity contribution is 6.03. The van der Waals surface area contributed by atoms with Gasteiger partial charge in [0, 0.05) is 29.5 Å². The van der Waals surface area contributed by atoms with E-state index in [0.717, 1.165) is 25.0 Å². The molecule has 0 unspecified atom stereocenters. The quantitative estimate of drug-likeness (QED) is 0.403. The van der Waals surface area contributed by atoms with E-state index in [1.165, 1.54) is 6.08 Å². The fraction of sp³-hybridized carbons (Fsp3) is 0.240. The van der Waals surface area contributed by atoms with Crippen molar-refractivity contribution >= 4 is 29.1 Å². The van der Waals surface area contributed by atoms with Crippen LogP contribution in [0, 0.1) is 5.92 Å². The molecule has 0 bridgehead atoms. The Morgan fingerprint density at radius 3 is 2.47 bits per heavy atom. The molecular weight excluding hydrogens is 432 g/mol. The molecule has 1 fully saturated rings. The second-order valence-electron chi connectivity index (χ2n) is 8.17. The van der Waals surface area contributed by atoms with Crippen LogP contribution in [0.2, 0.25) is 0 Å². The molecule has 9 heteroatoms. The normalized spacial score (nSPS) is 17.4. The van der Waals surface area contributed by atoms with Gasteiger partial charge in [0.25, 0.3) is 5.91 Å². The summed E-state index contributed by atoms with van der Waals surface area (Å²) in [5.41, 5.74) is 2.85.